The largest absolute Gasteiger partial charge is 0.383 e. The molecule has 0 aliphatic carbocycles. The molecule has 3 N–H and O–H groups in total. The van der Waals surface area contributed by atoms with Gasteiger partial charge in [-0.25, -0.2) is 14.4 Å². The fraction of sp³-hybridized carbons (Fsp3) is 0.269. The number of aliphatic hydroxyl groups is 1. The Labute approximate surface area is 201 Å². The Hall–Kier alpha value is -3.82. The smallest absolute Gasteiger partial charge is 0.254 e. The second-order valence-corrected chi connectivity index (χ2v) is 8.76. The number of imidazole rings is 1. The van der Waals surface area contributed by atoms with Crippen LogP contribution >= 0.6 is 0 Å². The van der Waals surface area contributed by atoms with Gasteiger partial charge in [0.05, 0.1) is 29.7 Å². The van der Waals surface area contributed by atoms with Crippen LogP contribution in [0.4, 0.5) is 10.1 Å². The summed E-state index contributed by atoms with van der Waals surface area (Å²) in [5.74, 6) is -0.0778. The number of carbonyl (C=O) groups excluding carboxylic acids is 1. The maximum atomic E-state index is 14.6. The molecule has 8 nitrogen and oxygen atoms in total. The van der Waals surface area contributed by atoms with Crippen molar-refractivity contribution < 1.29 is 19.0 Å². The number of rotatable bonds is 6. The predicted molar refractivity (Wildman–Crippen MR) is 132 cm³/mol. The van der Waals surface area contributed by atoms with Crippen molar-refractivity contribution in [3.05, 3.63) is 77.1 Å². The van der Waals surface area contributed by atoms with Gasteiger partial charge in [-0.05, 0) is 48.8 Å². The molecule has 3 aromatic rings. The van der Waals surface area contributed by atoms with E-state index in [4.69, 9.17) is 4.74 Å². The van der Waals surface area contributed by atoms with E-state index in [1.165, 1.54) is 6.21 Å². The highest BCUT2D eigenvalue weighted by molar-refractivity contribution is 6.05. The molecule has 0 bridgehead atoms. The molecule has 2 aliphatic heterocycles. The second kappa shape index (κ2) is 8.75. The van der Waals surface area contributed by atoms with E-state index in [0.29, 0.717) is 53.5 Å². The van der Waals surface area contributed by atoms with E-state index in [1.807, 2.05) is 13.0 Å². The van der Waals surface area contributed by atoms with E-state index in [-0.39, 0.29) is 24.0 Å². The number of aliphatic imine (C=N–C) groups is 1. The van der Waals surface area contributed by atoms with Crippen LogP contribution in [0, 0.1) is 12.7 Å². The molecular formula is C26H26FN5O3. The lowest BCUT2D eigenvalue weighted by atomic mass is 9.95. The van der Waals surface area contributed by atoms with Crippen LogP contribution in [0.15, 0.2) is 59.6 Å². The standard InChI is InChI=1S/C26H26FN5O3/c1-4-21(28-11-16(3)26(34)8-10-35-14-26)31-19-6-5-17(18-12-30-25(33)22(18)19)20-13-29-24-23(27)15(2)7-9-32(20)24/h4-7,9,11,13,31,34H,3,8,10,12,14H2,1-2H3,(H,30,33)/b21-4+,28-11?/t26-/m0/s1. The highest BCUT2D eigenvalue weighted by Crippen LogP contribution is 2.35. The molecule has 0 spiro atoms. The zero-order valence-corrected chi connectivity index (χ0v) is 19.6. The fourth-order valence-electron chi connectivity index (χ4n) is 4.39. The quantitative estimate of drug-likeness (QED) is 0.472. The van der Waals surface area contributed by atoms with Gasteiger partial charge in [0.25, 0.3) is 5.91 Å². The lowest BCUT2D eigenvalue weighted by Crippen LogP contribution is -2.31. The number of nitrogens with zero attached hydrogens (tertiary/aromatic N) is 3. The van der Waals surface area contributed by atoms with Gasteiger partial charge in [0.1, 0.15) is 11.4 Å². The van der Waals surface area contributed by atoms with Crippen LogP contribution in [0.25, 0.3) is 16.9 Å². The van der Waals surface area contributed by atoms with Gasteiger partial charge in [0, 0.05) is 37.5 Å². The van der Waals surface area contributed by atoms with E-state index >= 15 is 0 Å². The number of hydrogen-bond acceptors (Lipinski definition) is 6. The fourth-order valence-corrected chi connectivity index (χ4v) is 4.39. The average molecular weight is 476 g/mol. The second-order valence-electron chi connectivity index (χ2n) is 8.76. The normalized spacial score (nSPS) is 20.0. The Kier molecular flexibility index (Phi) is 5.74. The van der Waals surface area contributed by atoms with Gasteiger partial charge >= 0.3 is 0 Å². The highest BCUT2D eigenvalue weighted by atomic mass is 19.1. The van der Waals surface area contributed by atoms with Gasteiger partial charge in [-0.1, -0.05) is 12.6 Å². The maximum absolute atomic E-state index is 14.6. The van der Waals surface area contributed by atoms with Gasteiger partial charge < -0.3 is 20.5 Å². The number of halogens is 1. The molecule has 0 radical (unpaired) electrons. The van der Waals surface area contributed by atoms with Gasteiger partial charge in [-0.2, -0.15) is 0 Å². The van der Waals surface area contributed by atoms with Crippen molar-refractivity contribution in [1.29, 1.82) is 0 Å². The number of fused-ring (bicyclic) bond motifs is 2. The highest BCUT2D eigenvalue weighted by Gasteiger charge is 2.34. The summed E-state index contributed by atoms with van der Waals surface area (Å²) in [6.45, 7) is 8.47. The Morgan fingerprint density at radius 3 is 3.00 bits per heavy atom. The number of amides is 1. The van der Waals surface area contributed by atoms with Gasteiger partial charge in [-0.3, -0.25) is 9.20 Å². The zero-order chi connectivity index (χ0) is 24.7. The van der Waals surface area contributed by atoms with Gasteiger partial charge in [-0.15, -0.1) is 0 Å². The summed E-state index contributed by atoms with van der Waals surface area (Å²) in [5.41, 5.74) is 3.49. The first-order chi connectivity index (χ1) is 16.8. The van der Waals surface area contributed by atoms with Crippen LogP contribution in [0.5, 0.6) is 0 Å². The summed E-state index contributed by atoms with van der Waals surface area (Å²) in [6.07, 6.45) is 7.15. The first-order valence-electron chi connectivity index (χ1n) is 11.4. The molecule has 1 atom stereocenters. The summed E-state index contributed by atoms with van der Waals surface area (Å²) in [5, 5.41) is 16.7. The molecule has 1 fully saturated rings. The number of ether oxygens (including phenoxy) is 1. The first-order valence-corrected chi connectivity index (χ1v) is 11.4. The van der Waals surface area contributed by atoms with Crippen LogP contribution in [-0.2, 0) is 11.3 Å². The minimum atomic E-state index is -1.11. The minimum Gasteiger partial charge on any atom is -0.383 e. The number of hydrogen-bond donors (Lipinski definition) is 3. The van der Waals surface area contributed by atoms with Gasteiger partial charge in [0.15, 0.2) is 11.5 Å². The maximum Gasteiger partial charge on any atom is 0.254 e. The Balaban J connectivity index is 1.48. The van der Waals surface area contributed by atoms with Crippen molar-refractivity contribution in [3.63, 3.8) is 0 Å². The van der Waals surface area contributed by atoms with Crippen molar-refractivity contribution in [2.45, 2.75) is 32.4 Å². The monoisotopic (exact) mass is 475 g/mol. The third kappa shape index (κ3) is 3.92. The van der Waals surface area contributed by atoms with E-state index in [0.717, 1.165) is 11.1 Å². The number of benzene rings is 1. The summed E-state index contributed by atoms with van der Waals surface area (Å²) < 4.78 is 21.5. The molecule has 5 rings (SSSR count). The molecule has 0 unspecified atom stereocenters. The number of pyridine rings is 1. The number of nitrogens with one attached hydrogen (secondary N) is 2. The molecule has 9 heteroatoms. The molecule has 35 heavy (non-hydrogen) atoms. The van der Waals surface area contributed by atoms with Crippen molar-refractivity contribution >= 4 is 23.5 Å². The lowest BCUT2D eigenvalue weighted by molar-refractivity contribution is 0.0640. The zero-order valence-electron chi connectivity index (χ0n) is 19.6. The molecule has 4 heterocycles. The SMILES string of the molecule is C=C(C=N/C(=C\C)Nc1ccc(-c2cnc3c(F)c(C)ccn23)c2c1C(=O)NC2)[C@]1(O)CCOC1. The molecule has 2 aliphatic rings. The molecule has 1 aromatic carbocycles. The van der Waals surface area contributed by atoms with Crippen LogP contribution in [0.3, 0.4) is 0 Å². The van der Waals surface area contributed by atoms with E-state index in [1.54, 1.807) is 41.9 Å². The van der Waals surface area contributed by atoms with Gasteiger partial charge in [0.2, 0.25) is 0 Å². The van der Waals surface area contributed by atoms with E-state index in [9.17, 15) is 14.3 Å². The van der Waals surface area contributed by atoms with E-state index in [2.05, 4.69) is 27.2 Å². The Bertz CT molecular complexity index is 1420. The first kappa shape index (κ1) is 22.9. The molecular weight excluding hydrogens is 449 g/mol. The van der Waals surface area contributed by atoms with Crippen LogP contribution in [0.2, 0.25) is 0 Å². The number of carbonyl (C=O) groups is 1. The van der Waals surface area contributed by atoms with Crippen LogP contribution < -0.4 is 10.6 Å². The Morgan fingerprint density at radius 1 is 1.43 bits per heavy atom. The number of aryl methyl sites for hydroxylation is 1. The third-order valence-electron chi connectivity index (χ3n) is 6.55. The van der Waals surface area contributed by atoms with Crippen LogP contribution in [0.1, 0.15) is 34.8 Å². The number of allylic oxidation sites excluding steroid dienone is 1. The molecule has 0 saturated carbocycles. The van der Waals surface area contributed by atoms with Crippen LogP contribution in [-0.4, -0.2) is 45.4 Å². The molecule has 180 valence electrons. The summed E-state index contributed by atoms with van der Waals surface area (Å²) in [6, 6.07) is 5.39. The lowest BCUT2D eigenvalue weighted by Gasteiger charge is -2.20. The molecule has 2 aromatic heterocycles. The third-order valence-corrected chi connectivity index (χ3v) is 6.55. The van der Waals surface area contributed by atoms with E-state index < -0.39 is 5.60 Å². The average Bonchev–Trinajstić information content (AvgIpc) is 3.58. The van der Waals surface area contributed by atoms with Crippen molar-refractivity contribution in [3.8, 4) is 11.3 Å². The topological polar surface area (TPSA) is 100 Å². The van der Waals surface area contributed by atoms with Crippen molar-refractivity contribution in [2.24, 2.45) is 4.99 Å². The minimum absolute atomic E-state index is 0.193. The molecule has 1 saturated heterocycles. The summed E-state index contributed by atoms with van der Waals surface area (Å²) in [7, 11) is 0. The summed E-state index contributed by atoms with van der Waals surface area (Å²) >= 11 is 0. The Morgan fingerprint density at radius 2 is 2.26 bits per heavy atom. The predicted octanol–water partition coefficient (Wildman–Crippen LogP) is 3.74. The van der Waals surface area contributed by atoms with Crippen molar-refractivity contribution in [2.75, 3.05) is 18.5 Å². The number of aromatic nitrogens is 2. The van der Waals surface area contributed by atoms with Crippen molar-refractivity contribution in [1.82, 2.24) is 14.7 Å². The summed E-state index contributed by atoms with van der Waals surface area (Å²) in [4.78, 5) is 21.5. The molecule has 1 amide bonds. The number of anilines is 1.